The number of aliphatic imine (C=N–C) groups is 1. The van der Waals surface area contributed by atoms with Crippen molar-refractivity contribution in [2.75, 3.05) is 6.61 Å². The van der Waals surface area contributed by atoms with Crippen LogP contribution in [0.1, 0.15) is 53.5 Å². The molecule has 2 rings (SSSR count). The number of hydrogen-bond donors (Lipinski definition) is 3. The fraction of sp³-hybridized carbons (Fsp3) is 0.520. The third-order valence-corrected chi connectivity index (χ3v) is 5.69. The number of fused-ring (bicyclic) bond motifs is 1. The van der Waals surface area contributed by atoms with Gasteiger partial charge in [-0.25, -0.2) is 4.79 Å². The van der Waals surface area contributed by atoms with Crippen LogP contribution < -0.4 is 10.6 Å². The minimum atomic E-state index is -0.804. The van der Waals surface area contributed by atoms with Crippen LogP contribution in [-0.2, 0) is 19.1 Å². The van der Waals surface area contributed by atoms with Crippen LogP contribution in [0.4, 0.5) is 0 Å². The number of benzene rings is 1. The molecule has 0 aliphatic carbocycles. The third kappa shape index (κ3) is 6.91. The standard InChI is InChI=1S/C25H36N4O4/c1-7-16(5)22(24(31)28-17(6)25(32)33-8-2)29-23(30)21(15(3)4)27-14-18-13-26-20-12-10-9-11-19(18)20/h9-17,21-22,26H,7-8H2,1-6H3,(H,28,31)(H,29,30)/t16-,17-,21-,22-/m0/s1. The van der Waals surface area contributed by atoms with Crippen molar-refractivity contribution in [3.63, 3.8) is 0 Å². The van der Waals surface area contributed by atoms with E-state index in [0.717, 1.165) is 16.5 Å². The summed E-state index contributed by atoms with van der Waals surface area (Å²) < 4.78 is 4.96. The Kier molecular flexibility index (Phi) is 9.63. The van der Waals surface area contributed by atoms with Crippen LogP contribution in [0.15, 0.2) is 35.5 Å². The molecule has 33 heavy (non-hydrogen) atoms. The molecule has 4 atom stereocenters. The van der Waals surface area contributed by atoms with E-state index >= 15 is 0 Å². The van der Waals surface area contributed by atoms with Crippen LogP contribution in [0.5, 0.6) is 0 Å². The van der Waals surface area contributed by atoms with Gasteiger partial charge in [0.2, 0.25) is 11.8 Å². The van der Waals surface area contributed by atoms with Crippen LogP contribution in [0, 0.1) is 11.8 Å². The number of aromatic amines is 1. The van der Waals surface area contributed by atoms with Gasteiger partial charge in [0, 0.05) is 28.9 Å². The van der Waals surface area contributed by atoms with Crippen molar-refractivity contribution in [3.8, 4) is 0 Å². The van der Waals surface area contributed by atoms with Crippen LogP contribution in [0.25, 0.3) is 10.9 Å². The summed E-state index contributed by atoms with van der Waals surface area (Å²) in [5, 5.41) is 6.55. The Balaban J connectivity index is 2.17. The minimum Gasteiger partial charge on any atom is -0.464 e. The molecule has 180 valence electrons. The van der Waals surface area contributed by atoms with Crippen molar-refractivity contribution in [2.24, 2.45) is 16.8 Å². The first-order valence-corrected chi connectivity index (χ1v) is 11.6. The number of H-pyrrole nitrogens is 1. The highest BCUT2D eigenvalue weighted by Gasteiger charge is 2.31. The summed E-state index contributed by atoms with van der Waals surface area (Å²) in [7, 11) is 0. The van der Waals surface area contributed by atoms with E-state index < -0.39 is 30.0 Å². The molecule has 0 fully saturated rings. The zero-order valence-corrected chi connectivity index (χ0v) is 20.3. The largest absolute Gasteiger partial charge is 0.464 e. The van der Waals surface area contributed by atoms with Crippen LogP contribution in [0.3, 0.4) is 0 Å². The van der Waals surface area contributed by atoms with E-state index in [0.29, 0.717) is 6.42 Å². The maximum atomic E-state index is 13.2. The number of aromatic nitrogens is 1. The molecule has 0 saturated heterocycles. The number of rotatable bonds is 11. The topological polar surface area (TPSA) is 113 Å². The van der Waals surface area contributed by atoms with E-state index in [1.807, 2.05) is 58.2 Å². The lowest BCUT2D eigenvalue weighted by atomic mass is 9.96. The first-order chi connectivity index (χ1) is 15.7. The molecular formula is C25H36N4O4. The van der Waals surface area contributed by atoms with Gasteiger partial charge in [-0.05, 0) is 31.7 Å². The number of ether oxygens (including phenoxy) is 1. The molecule has 1 aromatic carbocycles. The molecule has 1 aromatic heterocycles. The molecule has 1 heterocycles. The number of nitrogens with one attached hydrogen (secondary N) is 3. The summed E-state index contributed by atoms with van der Waals surface area (Å²) in [6, 6.07) is 5.61. The molecule has 2 amide bonds. The molecule has 2 aromatic rings. The van der Waals surface area contributed by atoms with Gasteiger partial charge in [0.25, 0.3) is 0 Å². The Hall–Kier alpha value is -3.16. The van der Waals surface area contributed by atoms with Gasteiger partial charge in [-0.1, -0.05) is 52.3 Å². The Labute approximate surface area is 195 Å². The van der Waals surface area contributed by atoms with E-state index in [2.05, 4.69) is 20.6 Å². The molecule has 0 radical (unpaired) electrons. The van der Waals surface area contributed by atoms with Gasteiger partial charge < -0.3 is 20.4 Å². The Morgan fingerprint density at radius 3 is 2.39 bits per heavy atom. The molecular weight excluding hydrogens is 420 g/mol. The fourth-order valence-electron chi connectivity index (χ4n) is 3.47. The predicted molar refractivity (Wildman–Crippen MR) is 130 cm³/mol. The summed E-state index contributed by atoms with van der Waals surface area (Å²) in [6.07, 6.45) is 4.23. The van der Waals surface area contributed by atoms with Gasteiger partial charge in [-0.3, -0.25) is 14.6 Å². The lowest BCUT2D eigenvalue weighted by Gasteiger charge is -2.27. The summed E-state index contributed by atoms with van der Waals surface area (Å²) in [4.78, 5) is 45.7. The fourth-order valence-corrected chi connectivity index (χ4v) is 3.47. The highest BCUT2D eigenvalue weighted by molar-refractivity contribution is 6.00. The maximum absolute atomic E-state index is 13.2. The summed E-state index contributed by atoms with van der Waals surface area (Å²) >= 11 is 0. The molecule has 3 N–H and O–H groups in total. The Bertz CT molecular complexity index is 982. The number of esters is 1. The molecule has 0 unspecified atom stereocenters. The molecule has 8 heteroatoms. The lowest BCUT2D eigenvalue weighted by molar-refractivity contribution is -0.147. The van der Waals surface area contributed by atoms with E-state index in [1.54, 1.807) is 20.1 Å². The molecule has 0 spiro atoms. The first kappa shape index (κ1) is 26.1. The quantitative estimate of drug-likeness (QED) is 0.356. The van der Waals surface area contributed by atoms with Gasteiger partial charge in [-0.15, -0.1) is 0 Å². The van der Waals surface area contributed by atoms with Gasteiger partial charge in [0.05, 0.1) is 6.61 Å². The Morgan fingerprint density at radius 2 is 1.76 bits per heavy atom. The van der Waals surface area contributed by atoms with E-state index in [-0.39, 0.29) is 24.3 Å². The highest BCUT2D eigenvalue weighted by Crippen LogP contribution is 2.17. The first-order valence-electron chi connectivity index (χ1n) is 11.6. The average molecular weight is 457 g/mol. The molecule has 0 saturated carbocycles. The molecule has 8 nitrogen and oxygen atoms in total. The second kappa shape index (κ2) is 12.2. The smallest absolute Gasteiger partial charge is 0.328 e. The zero-order valence-electron chi connectivity index (χ0n) is 20.3. The number of nitrogens with zero attached hydrogens (tertiary/aromatic N) is 1. The highest BCUT2D eigenvalue weighted by atomic mass is 16.5. The van der Waals surface area contributed by atoms with Gasteiger partial charge in [0.15, 0.2) is 0 Å². The van der Waals surface area contributed by atoms with Crippen molar-refractivity contribution in [3.05, 3.63) is 36.0 Å². The zero-order chi connectivity index (χ0) is 24.5. The van der Waals surface area contributed by atoms with Gasteiger partial charge in [0.1, 0.15) is 18.1 Å². The predicted octanol–water partition coefficient (Wildman–Crippen LogP) is 3.21. The summed E-state index contributed by atoms with van der Waals surface area (Å²) in [5.41, 5.74) is 1.89. The molecule has 0 aliphatic heterocycles. The summed E-state index contributed by atoms with van der Waals surface area (Å²) in [6.45, 7) is 11.2. The number of para-hydroxylation sites is 1. The Morgan fingerprint density at radius 1 is 1.06 bits per heavy atom. The number of amides is 2. The van der Waals surface area contributed by atoms with Gasteiger partial charge in [-0.2, -0.15) is 0 Å². The van der Waals surface area contributed by atoms with Crippen LogP contribution in [-0.4, -0.2) is 53.7 Å². The second-order valence-corrected chi connectivity index (χ2v) is 8.61. The molecule has 0 aliphatic rings. The SMILES string of the molecule is CCOC(=O)[C@H](C)NC(=O)[C@@H](NC(=O)[C@@H](N=Cc1c[nH]c2ccccc12)C(C)C)[C@@H](C)CC. The second-order valence-electron chi connectivity index (χ2n) is 8.61. The number of carbonyl (C=O) groups excluding carboxylic acids is 3. The summed E-state index contributed by atoms with van der Waals surface area (Å²) in [5.74, 6) is -1.46. The lowest BCUT2D eigenvalue weighted by Crippen LogP contribution is -2.55. The van der Waals surface area contributed by atoms with Crippen molar-refractivity contribution in [2.45, 2.75) is 66.1 Å². The van der Waals surface area contributed by atoms with E-state index in [9.17, 15) is 14.4 Å². The van der Waals surface area contributed by atoms with Crippen molar-refractivity contribution in [1.29, 1.82) is 0 Å². The van der Waals surface area contributed by atoms with E-state index in [4.69, 9.17) is 4.74 Å². The number of hydrogen-bond acceptors (Lipinski definition) is 5. The van der Waals surface area contributed by atoms with Crippen LogP contribution in [0.2, 0.25) is 0 Å². The monoisotopic (exact) mass is 456 g/mol. The van der Waals surface area contributed by atoms with E-state index in [1.165, 1.54) is 0 Å². The van der Waals surface area contributed by atoms with Crippen molar-refractivity contribution >= 4 is 34.9 Å². The molecule has 0 bridgehead atoms. The third-order valence-electron chi connectivity index (χ3n) is 5.69. The van der Waals surface area contributed by atoms with Crippen LogP contribution >= 0.6 is 0 Å². The van der Waals surface area contributed by atoms with Gasteiger partial charge >= 0.3 is 5.97 Å². The average Bonchev–Trinajstić information content (AvgIpc) is 3.20. The number of carbonyl (C=O) groups is 3. The normalized spacial score (nSPS) is 15.2. The maximum Gasteiger partial charge on any atom is 0.328 e. The van der Waals surface area contributed by atoms with Crippen molar-refractivity contribution < 1.29 is 19.1 Å². The van der Waals surface area contributed by atoms with Crippen molar-refractivity contribution in [1.82, 2.24) is 15.6 Å². The minimum absolute atomic E-state index is 0.0782.